The molecule has 1 saturated carbocycles. The Hall–Kier alpha value is -1.89. The maximum absolute atomic E-state index is 12.1. The summed E-state index contributed by atoms with van der Waals surface area (Å²) >= 11 is 0. The van der Waals surface area contributed by atoms with E-state index in [0.717, 1.165) is 50.4 Å². The highest BCUT2D eigenvalue weighted by atomic mass is 32.2. The van der Waals surface area contributed by atoms with Crippen molar-refractivity contribution in [2.24, 2.45) is 4.99 Å². The van der Waals surface area contributed by atoms with Gasteiger partial charge in [-0.05, 0) is 36.8 Å². The summed E-state index contributed by atoms with van der Waals surface area (Å²) in [4.78, 5) is 18.1. The lowest BCUT2D eigenvalue weighted by Crippen LogP contribution is -2.46. The molecule has 1 aliphatic heterocycles. The maximum Gasteiger partial charge on any atom is 0.222 e. The number of aliphatic imine (C=N–C) groups is 1. The molecule has 2 fully saturated rings. The minimum Gasteiger partial charge on any atom is -0.354 e. The Morgan fingerprint density at radius 1 is 1.21 bits per heavy atom. The minimum absolute atomic E-state index is 0.262. The molecule has 3 rings (SSSR count). The molecule has 0 aromatic heterocycles. The first-order valence-electron chi connectivity index (χ1n) is 10.8. The molecule has 0 bridgehead atoms. The molecule has 1 saturated heterocycles. The number of carbonyl (C=O) groups is 1. The number of carbonyl (C=O) groups excluding carboxylic acids is 1. The van der Waals surface area contributed by atoms with Gasteiger partial charge in [0, 0.05) is 60.9 Å². The SMILES string of the molecule is CCS(=O)C1CCCC(NC(=NC)NCc2ccc(CN3CCCC3=O)cc2)C1. The molecule has 1 aromatic rings. The number of guanidine groups is 1. The molecule has 1 amide bonds. The summed E-state index contributed by atoms with van der Waals surface area (Å²) in [5, 5.41) is 7.20. The first kappa shape index (κ1) is 21.8. The lowest BCUT2D eigenvalue weighted by atomic mass is 9.95. The van der Waals surface area contributed by atoms with Crippen molar-refractivity contribution in [3.8, 4) is 0 Å². The molecule has 2 aliphatic rings. The molecule has 3 unspecified atom stereocenters. The molecule has 29 heavy (non-hydrogen) atoms. The molecule has 2 N–H and O–H groups in total. The highest BCUT2D eigenvalue weighted by Gasteiger charge is 2.26. The summed E-state index contributed by atoms with van der Waals surface area (Å²) in [5.41, 5.74) is 2.35. The van der Waals surface area contributed by atoms with Crippen LogP contribution in [-0.4, -0.2) is 51.6 Å². The van der Waals surface area contributed by atoms with Crippen LogP contribution in [0.2, 0.25) is 0 Å². The van der Waals surface area contributed by atoms with E-state index in [-0.39, 0.29) is 5.91 Å². The van der Waals surface area contributed by atoms with Crippen LogP contribution in [0, 0.1) is 0 Å². The van der Waals surface area contributed by atoms with E-state index in [9.17, 15) is 9.00 Å². The first-order valence-corrected chi connectivity index (χ1v) is 12.2. The standard InChI is InChI=1S/C22H34N4O2S/c1-3-29(28)20-7-4-6-19(14-20)25-22(23-2)24-15-17-9-11-18(12-10-17)16-26-13-5-8-21(26)27/h9-12,19-20H,3-8,13-16H2,1-2H3,(H2,23,24,25). The van der Waals surface area contributed by atoms with E-state index in [4.69, 9.17) is 0 Å². The van der Waals surface area contributed by atoms with E-state index in [1.165, 1.54) is 11.1 Å². The van der Waals surface area contributed by atoms with Gasteiger partial charge in [-0.15, -0.1) is 0 Å². The molecular formula is C22H34N4O2S. The van der Waals surface area contributed by atoms with E-state index in [0.29, 0.717) is 30.8 Å². The van der Waals surface area contributed by atoms with Gasteiger partial charge in [-0.25, -0.2) is 0 Å². The molecule has 1 aliphatic carbocycles. The summed E-state index contributed by atoms with van der Waals surface area (Å²) < 4.78 is 12.1. The summed E-state index contributed by atoms with van der Waals surface area (Å²) in [6.45, 7) is 4.28. The van der Waals surface area contributed by atoms with Gasteiger partial charge in [-0.1, -0.05) is 37.6 Å². The van der Waals surface area contributed by atoms with Gasteiger partial charge in [-0.2, -0.15) is 0 Å². The number of nitrogens with zero attached hydrogens (tertiary/aromatic N) is 2. The van der Waals surface area contributed by atoms with Crippen molar-refractivity contribution in [3.63, 3.8) is 0 Å². The normalized spacial score (nSPS) is 23.9. The average Bonchev–Trinajstić information content (AvgIpc) is 3.16. The van der Waals surface area contributed by atoms with Crippen LogP contribution in [0.3, 0.4) is 0 Å². The molecule has 0 spiro atoms. The quantitative estimate of drug-likeness (QED) is 0.527. The number of nitrogens with one attached hydrogen (secondary N) is 2. The zero-order chi connectivity index (χ0) is 20.6. The second-order valence-electron chi connectivity index (χ2n) is 7.96. The summed E-state index contributed by atoms with van der Waals surface area (Å²) in [6.07, 6.45) is 5.90. The number of hydrogen-bond donors (Lipinski definition) is 2. The fraction of sp³-hybridized carbons (Fsp3) is 0.636. The van der Waals surface area contributed by atoms with Gasteiger partial charge in [-0.3, -0.25) is 14.0 Å². The fourth-order valence-corrected chi connectivity index (χ4v) is 5.53. The summed E-state index contributed by atoms with van der Waals surface area (Å²) in [5.74, 6) is 1.80. The molecule has 1 heterocycles. The monoisotopic (exact) mass is 418 g/mol. The van der Waals surface area contributed by atoms with Crippen molar-refractivity contribution in [3.05, 3.63) is 35.4 Å². The Bertz CT molecular complexity index is 735. The Kier molecular flexibility index (Phi) is 8.09. The smallest absolute Gasteiger partial charge is 0.222 e. The highest BCUT2D eigenvalue weighted by Crippen LogP contribution is 2.23. The number of likely N-dealkylation sites (tertiary alicyclic amines) is 1. The van der Waals surface area contributed by atoms with Crippen LogP contribution in [-0.2, 0) is 28.7 Å². The number of rotatable bonds is 7. The van der Waals surface area contributed by atoms with Gasteiger partial charge < -0.3 is 15.5 Å². The van der Waals surface area contributed by atoms with Crippen LogP contribution >= 0.6 is 0 Å². The first-order chi connectivity index (χ1) is 14.1. The van der Waals surface area contributed by atoms with Crippen LogP contribution in [0.4, 0.5) is 0 Å². The molecule has 160 valence electrons. The van der Waals surface area contributed by atoms with Crippen molar-refractivity contribution >= 4 is 22.7 Å². The molecule has 6 nitrogen and oxygen atoms in total. The third-order valence-electron chi connectivity index (χ3n) is 5.87. The zero-order valence-corrected chi connectivity index (χ0v) is 18.5. The van der Waals surface area contributed by atoms with Crippen LogP contribution < -0.4 is 10.6 Å². The molecule has 1 aromatic carbocycles. The van der Waals surface area contributed by atoms with E-state index < -0.39 is 10.8 Å². The second kappa shape index (κ2) is 10.8. The van der Waals surface area contributed by atoms with E-state index in [2.05, 4.69) is 39.9 Å². The van der Waals surface area contributed by atoms with Gasteiger partial charge in [0.25, 0.3) is 0 Å². The molecule has 3 atom stereocenters. The Morgan fingerprint density at radius 3 is 2.62 bits per heavy atom. The number of hydrogen-bond acceptors (Lipinski definition) is 3. The van der Waals surface area contributed by atoms with E-state index >= 15 is 0 Å². The van der Waals surface area contributed by atoms with Crippen molar-refractivity contribution in [1.29, 1.82) is 0 Å². The minimum atomic E-state index is -0.716. The largest absolute Gasteiger partial charge is 0.354 e. The topological polar surface area (TPSA) is 73.8 Å². The van der Waals surface area contributed by atoms with Crippen molar-refractivity contribution in [2.45, 2.75) is 69.8 Å². The highest BCUT2D eigenvalue weighted by molar-refractivity contribution is 7.85. The Labute approximate surface area is 177 Å². The van der Waals surface area contributed by atoms with E-state index in [1.54, 1.807) is 7.05 Å². The van der Waals surface area contributed by atoms with Crippen LogP contribution in [0.1, 0.15) is 56.6 Å². The van der Waals surface area contributed by atoms with Gasteiger partial charge in [0.1, 0.15) is 0 Å². The van der Waals surface area contributed by atoms with Gasteiger partial charge in [0.2, 0.25) is 5.91 Å². The Morgan fingerprint density at radius 2 is 1.97 bits per heavy atom. The van der Waals surface area contributed by atoms with Crippen molar-refractivity contribution in [1.82, 2.24) is 15.5 Å². The third kappa shape index (κ3) is 6.29. The average molecular weight is 419 g/mol. The van der Waals surface area contributed by atoms with Gasteiger partial charge in [0.05, 0.1) is 0 Å². The lowest BCUT2D eigenvalue weighted by Gasteiger charge is -2.30. The molecular weight excluding hydrogens is 384 g/mol. The second-order valence-corrected chi connectivity index (χ2v) is 9.97. The van der Waals surface area contributed by atoms with Gasteiger partial charge >= 0.3 is 0 Å². The van der Waals surface area contributed by atoms with Crippen LogP contribution in [0.25, 0.3) is 0 Å². The lowest BCUT2D eigenvalue weighted by molar-refractivity contribution is -0.128. The predicted octanol–water partition coefficient (Wildman–Crippen LogP) is 2.55. The van der Waals surface area contributed by atoms with Crippen molar-refractivity contribution < 1.29 is 9.00 Å². The zero-order valence-electron chi connectivity index (χ0n) is 17.7. The third-order valence-corrected chi connectivity index (χ3v) is 7.62. The molecule has 7 heteroatoms. The van der Waals surface area contributed by atoms with E-state index in [1.807, 2.05) is 11.8 Å². The number of benzene rings is 1. The predicted molar refractivity (Wildman–Crippen MR) is 119 cm³/mol. The molecule has 0 radical (unpaired) electrons. The van der Waals surface area contributed by atoms with Gasteiger partial charge in [0.15, 0.2) is 5.96 Å². The Balaban J connectivity index is 1.46. The van der Waals surface area contributed by atoms with Crippen molar-refractivity contribution in [2.75, 3.05) is 19.3 Å². The van der Waals surface area contributed by atoms with Crippen LogP contribution in [0.15, 0.2) is 29.3 Å². The number of amides is 1. The summed E-state index contributed by atoms with van der Waals surface area (Å²) in [6, 6.07) is 8.75. The van der Waals surface area contributed by atoms with Crippen LogP contribution in [0.5, 0.6) is 0 Å². The summed E-state index contributed by atoms with van der Waals surface area (Å²) in [7, 11) is 1.07. The fourth-order valence-electron chi connectivity index (χ4n) is 4.18. The maximum atomic E-state index is 12.1.